The maximum absolute atomic E-state index is 14.1. The number of hydrogen-bond acceptors (Lipinski definition) is 3. The number of hydrogen-bond donors (Lipinski definition) is 1. The lowest BCUT2D eigenvalue weighted by atomic mass is 9.92. The first-order valence-corrected chi connectivity index (χ1v) is 6.71. The second-order valence-electron chi connectivity index (χ2n) is 4.53. The Bertz CT molecular complexity index is 402. The molecule has 2 unspecified atom stereocenters. The van der Waals surface area contributed by atoms with Crippen LogP contribution in [0, 0.1) is 5.82 Å². The van der Waals surface area contributed by atoms with Gasteiger partial charge in [0, 0.05) is 10.3 Å². The number of benzene rings is 1. The van der Waals surface area contributed by atoms with Gasteiger partial charge in [-0.3, -0.25) is 0 Å². The number of halogens is 1. The molecule has 94 valence electrons. The molecule has 1 aromatic rings. The molecule has 0 spiro atoms. The van der Waals surface area contributed by atoms with E-state index in [4.69, 9.17) is 4.74 Å². The number of rotatable bonds is 3. The molecule has 0 amide bonds. The summed E-state index contributed by atoms with van der Waals surface area (Å²) in [5, 5.41) is 10.4. The van der Waals surface area contributed by atoms with Gasteiger partial charge in [0.1, 0.15) is 0 Å². The van der Waals surface area contributed by atoms with Crippen LogP contribution in [-0.2, 0) is 0 Å². The molecule has 0 bridgehead atoms. The molecular formula is C13H17FO2S. The first kappa shape index (κ1) is 12.7. The van der Waals surface area contributed by atoms with Crippen molar-refractivity contribution in [1.29, 1.82) is 0 Å². The highest BCUT2D eigenvalue weighted by molar-refractivity contribution is 8.00. The summed E-state index contributed by atoms with van der Waals surface area (Å²) in [4.78, 5) is 0. The van der Waals surface area contributed by atoms with Crippen LogP contribution in [-0.4, -0.2) is 22.7 Å². The Kier molecular flexibility index (Phi) is 3.64. The molecule has 1 aliphatic rings. The highest BCUT2D eigenvalue weighted by Gasteiger charge is 2.39. The van der Waals surface area contributed by atoms with E-state index in [1.165, 1.54) is 7.11 Å². The summed E-state index contributed by atoms with van der Waals surface area (Å²) in [6.07, 6.45) is 1.20. The second-order valence-corrected chi connectivity index (χ2v) is 6.16. The van der Waals surface area contributed by atoms with E-state index >= 15 is 0 Å². The number of ether oxygens (including phenoxy) is 1. The van der Waals surface area contributed by atoms with Gasteiger partial charge in [0.25, 0.3) is 0 Å². The van der Waals surface area contributed by atoms with Gasteiger partial charge in [-0.15, -0.1) is 0 Å². The van der Waals surface area contributed by atoms with Crippen molar-refractivity contribution in [2.75, 3.05) is 12.9 Å². The van der Waals surface area contributed by atoms with Crippen LogP contribution in [0.15, 0.2) is 18.2 Å². The molecule has 1 aliphatic heterocycles. The van der Waals surface area contributed by atoms with Crippen molar-refractivity contribution < 1.29 is 14.2 Å². The number of aliphatic hydroxyl groups excluding tert-OH is 1. The standard InChI is InChI=1S/C13H17FO2S/c1-13(7-4-8-17-13)12(15)9-5-3-6-10(16-2)11(9)14/h3,5-6,12,15H,4,7-8H2,1-2H3. The smallest absolute Gasteiger partial charge is 0.170 e. The van der Waals surface area contributed by atoms with E-state index in [1.807, 2.05) is 6.92 Å². The number of thioether (sulfide) groups is 1. The first-order chi connectivity index (χ1) is 8.08. The van der Waals surface area contributed by atoms with Crippen LogP contribution in [0.2, 0.25) is 0 Å². The summed E-state index contributed by atoms with van der Waals surface area (Å²) in [5.74, 6) is 0.767. The monoisotopic (exact) mass is 256 g/mol. The Hall–Kier alpha value is -0.740. The number of aliphatic hydroxyl groups is 1. The topological polar surface area (TPSA) is 29.5 Å². The van der Waals surface area contributed by atoms with Gasteiger partial charge >= 0.3 is 0 Å². The summed E-state index contributed by atoms with van der Waals surface area (Å²) < 4.78 is 18.7. The maximum atomic E-state index is 14.1. The molecule has 2 rings (SSSR count). The average Bonchev–Trinajstić information content (AvgIpc) is 2.77. The molecule has 1 N–H and O–H groups in total. The van der Waals surface area contributed by atoms with Crippen molar-refractivity contribution in [3.8, 4) is 5.75 Å². The maximum Gasteiger partial charge on any atom is 0.170 e. The lowest BCUT2D eigenvalue weighted by molar-refractivity contribution is 0.130. The van der Waals surface area contributed by atoms with E-state index in [0.717, 1.165) is 18.6 Å². The minimum atomic E-state index is -0.787. The fraction of sp³-hybridized carbons (Fsp3) is 0.538. The molecule has 1 saturated heterocycles. The summed E-state index contributed by atoms with van der Waals surface area (Å²) in [6, 6.07) is 4.91. The normalized spacial score (nSPS) is 25.9. The third kappa shape index (κ3) is 2.29. The summed E-state index contributed by atoms with van der Waals surface area (Å²) in [7, 11) is 1.43. The van der Waals surface area contributed by atoms with Crippen LogP contribution in [0.5, 0.6) is 5.75 Å². The van der Waals surface area contributed by atoms with Gasteiger partial charge < -0.3 is 9.84 Å². The van der Waals surface area contributed by atoms with Gasteiger partial charge in [-0.2, -0.15) is 11.8 Å². The predicted octanol–water partition coefficient (Wildman–Crippen LogP) is 3.15. The second kappa shape index (κ2) is 4.86. The average molecular weight is 256 g/mol. The summed E-state index contributed by atoms with van der Waals surface area (Å²) >= 11 is 1.71. The SMILES string of the molecule is COc1cccc(C(O)C2(C)CCCS2)c1F. The molecule has 1 heterocycles. The largest absolute Gasteiger partial charge is 0.494 e. The first-order valence-electron chi connectivity index (χ1n) is 5.73. The van der Waals surface area contributed by atoms with Gasteiger partial charge in [-0.25, -0.2) is 4.39 Å². The van der Waals surface area contributed by atoms with Crippen molar-refractivity contribution in [2.24, 2.45) is 0 Å². The van der Waals surface area contributed by atoms with E-state index in [2.05, 4.69) is 0 Å². The molecule has 1 fully saturated rings. The molecule has 17 heavy (non-hydrogen) atoms. The quantitative estimate of drug-likeness (QED) is 0.901. The fourth-order valence-electron chi connectivity index (χ4n) is 2.24. The highest BCUT2D eigenvalue weighted by Crippen LogP contribution is 2.47. The molecule has 4 heteroatoms. The highest BCUT2D eigenvalue weighted by atomic mass is 32.2. The summed E-state index contributed by atoms with van der Waals surface area (Å²) in [5.41, 5.74) is 0.334. The van der Waals surface area contributed by atoms with Crippen molar-refractivity contribution >= 4 is 11.8 Å². The van der Waals surface area contributed by atoms with Gasteiger partial charge in [-0.1, -0.05) is 12.1 Å². The van der Waals surface area contributed by atoms with Crippen LogP contribution in [0.1, 0.15) is 31.4 Å². The zero-order valence-electron chi connectivity index (χ0n) is 10.1. The van der Waals surface area contributed by atoms with Crippen LogP contribution in [0.3, 0.4) is 0 Å². The molecule has 0 radical (unpaired) electrons. The Labute approximate surface area is 105 Å². The van der Waals surface area contributed by atoms with Crippen LogP contribution in [0.25, 0.3) is 0 Å². The molecule has 0 aromatic heterocycles. The van der Waals surface area contributed by atoms with Crippen molar-refractivity contribution in [2.45, 2.75) is 30.6 Å². The van der Waals surface area contributed by atoms with Crippen LogP contribution in [0.4, 0.5) is 4.39 Å². The third-order valence-electron chi connectivity index (χ3n) is 3.34. The molecule has 0 saturated carbocycles. The zero-order chi connectivity index (χ0) is 12.5. The minimum Gasteiger partial charge on any atom is -0.494 e. The molecule has 0 aliphatic carbocycles. The Morgan fingerprint density at radius 3 is 2.88 bits per heavy atom. The molecule has 2 nitrogen and oxygen atoms in total. The molecule has 2 atom stereocenters. The van der Waals surface area contributed by atoms with E-state index in [1.54, 1.807) is 30.0 Å². The fourth-order valence-corrected chi connectivity index (χ4v) is 3.57. The van der Waals surface area contributed by atoms with Crippen molar-refractivity contribution in [3.05, 3.63) is 29.6 Å². The predicted molar refractivity (Wildman–Crippen MR) is 68.0 cm³/mol. The molecule has 1 aromatic carbocycles. The number of methoxy groups -OCH3 is 1. The van der Waals surface area contributed by atoms with Gasteiger partial charge in [-0.05, 0) is 31.6 Å². The van der Waals surface area contributed by atoms with E-state index < -0.39 is 11.9 Å². The van der Waals surface area contributed by atoms with Crippen molar-refractivity contribution in [3.63, 3.8) is 0 Å². The van der Waals surface area contributed by atoms with Crippen LogP contribution >= 0.6 is 11.8 Å². The Balaban J connectivity index is 2.33. The zero-order valence-corrected chi connectivity index (χ0v) is 10.9. The minimum absolute atomic E-state index is 0.188. The third-order valence-corrected chi connectivity index (χ3v) is 4.92. The van der Waals surface area contributed by atoms with Gasteiger partial charge in [0.05, 0.1) is 13.2 Å². The van der Waals surface area contributed by atoms with Crippen LogP contribution < -0.4 is 4.74 Å². The van der Waals surface area contributed by atoms with E-state index in [-0.39, 0.29) is 10.5 Å². The van der Waals surface area contributed by atoms with E-state index in [9.17, 15) is 9.50 Å². The van der Waals surface area contributed by atoms with Gasteiger partial charge in [0.2, 0.25) is 0 Å². The lowest BCUT2D eigenvalue weighted by Crippen LogP contribution is -2.27. The van der Waals surface area contributed by atoms with E-state index in [0.29, 0.717) is 5.56 Å². The summed E-state index contributed by atoms with van der Waals surface area (Å²) in [6.45, 7) is 1.99. The Morgan fingerprint density at radius 2 is 2.29 bits per heavy atom. The van der Waals surface area contributed by atoms with Crippen molar-refractivity contribution in [1.82, 2.24) is 0 Å². The molecular weight excluding hydrogens is 239 g/mol. The van der Waals surface area contributed by atoms with Gasteiger partial charge in [0.15, 0.2) is 11.6 Å². The Morgan fingerprint density at radius 1 is 1.53 bits per heavy atom. The lowest BCUT2D eigenvalue weighted by Gasteiger charge is -2.29.